The Balaban J connectivity index is 1.33. The van der Waals surface area contributed by atoms with Gasteiger partial charge in [-0.15, -0.1) is 11.3 Å². The minimum absolute atomic E-state index is 0.0550. The van der Waals surface area contributed by atoms with Crippen LogP contribution in [0.3, 0.4) is 0 Å². The molecule has 1 saturated heterocycles. The molecule has 166 valence electrons. The number of nitrogens with zero attached hydrogens (tertiary/aromatic N) is 2. The Morgan fingerprint density at radius 2 is 1.88 bits per heavy atom. The number of aromatic amines is 1. The lowest BCUT2D eigenvalue weighted by atomic mass is 9.68. The number of nitrogens with one attached hydrogen (secondary N) is 1. The zero-order valence-electron chi connectivity index (χ0n) is 18.7. The molecule has 1 spiro atoms. The highest BCUT2D eigenvalue weighted by atomic mass is 32.1. The highest BCUT2D eigenvalue weighted by Gasteiger charge is 2.43. The molecule has 32 heavy (non-hydrogen) atoms. The summed E-state index contributed by atoms with van der Waals surface area (Å²) >= 11 is 1.67. The molecule has 1 fully saturated rings. The Labute approximate surface area is 190 Å². The first-order chi connectivity index (χ1) is 15.2. The molecular formula is C25H27N3O3S. The van der Waals surface area contributed by atoms with E-state index in [9.17, 15) is 14.4 Å². The fourth-order valence-corrected chi connectivity index (χ4v) is 6.17. The van der Waals surface area contributed by atoms with Crippen LogP contribution in [-0.4, -0.2) is 39.6 Å². The Bertz CT molecular complexity index is 1290. The molecule has 3 aromatic rings. The van der Waals surface area contributed by atoms with E-state index in [0.717, 1.165) is 34.7 Å². The second kappa shape index (κ2) is 7.37. The van der Waals surface area contributed by atoms with E-state index in [1.807, 2.05) is 4.90 Å². The van der Waals surface area contributed by atoms with Crippen molar-refractivity contribution in [2.45, 2.75) is 51.9 Å². The first-order valence-electron chi connectivity index (χ1n) is 11.1. The van der Waals surface area contributed by atoms with Crippen molar-refractivity contribution in [2.24, 2.45) is 5.41 Å². The predicted octanol–water partition coefficient (Wildman–Crippen LogP) is 4.33. The SMILES string of the molecule is CC(C)(C)c1nc2c(s1)CC1(CCN(C(=O)c3ccc4[nH]ccc(=O)c4c3)CC1)CC2=O. The van der Waals surface area contributed by atoms with E-state index in [0.29, 0.717) is 36.2 Å². The number of thiazole rings is 1. The van der Waals surface area contributed by atoms with Crippen molar-refractivity contribution in [3.63, 3.8) is 0 Å². The highest BCUT2D eigenvalue weighted by molar-refractivity contribution is 7.12. The number of pyridine rings is 1. The quantitative estimate of drug-likeness (QED) is 0.599. The maximum atomic E-state index is 13.1. The Hall–Kier alpha value is -2.80. The fraction of sp³-hybridized carbons (Fsp3) is 0.440. The van der Waals surface area contributed by atoms with Gasteiger partial charge in [-0.1, -0.05) is 20.8 Å². The molecule has 1 aromatic carbocycles. The Morgan fingerprint density at radius 1 is 1.12 bits per heavy atom. The van der Waals surface area contributed by atoms with Crippen LogP contribution >= 0.6 is 11.3 Å². The third-order valence-corrected chi connectivity index (χ3v) is 8.27. The summed E-state index contributed by atoms with van der Waals surface area (Å²) < 4.78 is 0. The van der Waals surface area contributed by atoms with Gasteiger partial charge in [-0.05, 0) is 42.9 Å². The van der Waals surface area contributed by atoms with E-state index in [-0.39, 0.29) is 27.9 Å². The summed E-state index contributed by atoms with van der Waals surface area (Å²) in [6.07, 6.45) is 4.61. The molecule has 6 nitrogen and oxygen atoms in total. The summed E-state index contributed by atoms with van der Waals surface area (Å²) in [5, 5.41) is 1.55. The average molecular weight is 450 g/mol. The maximum Gasteiger partial charge on any atom is 0.253 e. The molecule has 0 bridgehead atoms. The summed E-state index contributed by atoms with van der Waals surface area (Å²) in [6.45, 7) is 7.62. The van der Waals surface area contributed by atoms with Crippen LogP contribution in [0.1, 0.15) is 70.8 Å². The van der Waals surface area contributed by atoms with Crippen LogP contribution < -0.4 is 5.43 Å². The molecule has 0 radical (unpaired) electrons. The van der Waals surface area contributed by atoms with Crippen LogP contribution in [-0.2, 0) is 11.8 Å². The lowest BCUT2D eigenvalue weighted by Crippen LogP contribution is -2.46. The zero-order chi connectivity index (χ0) is 22.7. The lowest BCUT2D eigenvalue weighted by Gasteiger charge is -2.43. The van der Waals surface area contributed by atoms with Crippen LogP contribution in [0.25, 0.3) is 10.9 Å². The monoisotopic (exact) mass is 449 g/mol. The van der Waals surface area contributed by atoms with Crippen molar-refractivity contribution >= 4 is 33.9 Å². The van der Waals surface area contributed by atoms with E-state index < -0.39 is 0 Å². The number of amides is 1. The predicted molar refractivity (Wildman–Crippen MR) is 126 cm³/mol. The van der Waals surface area contributed by atoms with Crippen molar-refractivity contribution in [3.05, 3.63) is 61.8 Å². The number of aromatic nitrogens is 2. The molecule has 1 aliphatic carbocycles. The number of ketones is 1. The van der Waals surface area contributed by atoms with Gasteiger partial charge in [-0.2, -0.15) is 0 Å². The first kappa shape index (κ1) is 21.1. The Kier molecular flexibility index (Phi) is 4.85. The first-order valence-corrected chi connectivity index (χ1v) is 11.9. The van der Waals surface area contributed by atoms with Gasteiger partial charge in [-0.25, -0.2) is 4.98 Å². The van der Waals surface area contributed by atoms with Gasteiger partial charge in [-0.3, -0.25) is 14.4 Å². The van der Waals surface area contributed by atoms with Crippen molar-refractivity contribution in [1.82, 2.24) is 14.9 Å². The number of Topliss-reactive ketones (excluding diaryl/α,β-unsaturated/α-hetero) is 1. The van der Waals surface area contributed by atoms with Gasteiger partial charge in [0.2, 0.25) is 0 Å². The normalized spacial score (nSPS) is 18.2. The molecule has 1 N–H and O–H groups in total. The molecule has 0 atom stereocenters. The number of hydrogen-bond donors (Lipinski definition) is 1. The second-order valence-electron chi connectivity index (χ2n) is 10.2. The van der Waals surface area contributed by atoms with Crippen molar-refractivity contribution in [2.75, 3.05) is 13.1 Å². The molecule has 1 amide bonds. The molecule has 3 heterocycles. The van der Waals surface area contributed by atoms with Gasteiger partial charge in [0.25, 0.3) is 5.91 Å². The van der Waals surface area contributed by atoms with E-state index in [2.05, 4.69) is 30.7 Å². The molecule has 1 aliphatic heterocycles. The third kappa shape index (κ3) is 3.58. The summed E-state index contributed by atoms with van der Waals surface area (Å²) in [5.41, 5.74) is 1.69. The number of rotatable bonds is 1. The molecule has 0 unspecified atom stereocenters. The number of likely N-dealkylation sites (tertiary alicyclic amines) is 1. The largest absolute Gasteiger partial charge is 0.361 e. The van der Waals surface area contributed by atoms with Crippen molar-refractivity contribution in [3.8, 4) is 0 Å². The zero-order valence-corrected chi connectivity index (χ0v) is 19.5. The fourth-order valence-electron chi connectivity index (χ4n) is 4.86. The highest BCUT2D eigenvalue weighted by Crippen LogP contribution is 2.46. The van der Waals surface area contributed by atoms with Gasteiger partial charge >= 0.3 is 0 Å². The van der Waals surface area contributed by atoms with E-state index in [1.165, 1.54) is 6.07 Å². The van der Waals surface area contributed by atoms with Gasteiger partial charge < -0.3 is 9.88 Å². The number of fused-ring (bicyclic) bond motifs is 2. The number of H-pyrrole nitrogens is 1. The topological polar surface area (TPSA) is 83.1 Å². The van der Waals surface area contributed by atoms with Crippen LogP contribution in [0, 0.1) is 5.41 Å². The molecular weight excluding hydrogens is 422 g/mol. The molecule has 0 saturated carbocycles. The smallest absolute Gasteiger partial charge is 0.253 e. The third-order valence-electron chi connectivity index (χ3n) is 6.79. The molecule has 7 heteroatoms. The van der Waals surface area contributed by atoms with Crippen LogP contribution in [0.5, 0.6) is 0 Å². The number of carbonyl (C=O) groups is 2. The van der Waals surface area contributed by atoms with Crippen LogP contribution in [0.15, 0.2) is 35.3 Å². The minimum atomic E-state index is -0.0956. The van der Waals surface area contributed by atoms with E-state index in [1.54, 1.807) is 35.7 Å². The number of hydrogen-bond acceptors (Lipinski definition) is 5. The average Bonchev–Trinajstić information content (AvgIpc) is 3.19. The maximum absolute atomic E-state index is 13.1. The molecule has 2 aromatic heterocycles. The van der Waals surface area contributed by atoms with Crippen LogP contribution in [0.2, 0.25) is 0 Å². The minimum Gasteiger partial charge on any atom is -0.361 e. The van der Waals surface area contributed by atoms with E-state index >= 15 is 0 Å². The summed E-state index contributed by atoms with van der Waals surface area (Å²) in [4.78, 5) is 48.9. The van der Waals surface area contributed by atoms with Crippen molar-refractivity contribution < 1.29 is 9.59 Å². The van der Waals surface area contributed by atoms with Gasteiger partial charge in [0, 0.05) is 58.5 Å². The Morgan fingerprint density at radius 3 is 2.59 bits per heavy atom. The van der Waals surface area contributed by atoms with Crippen molar-refractivity contribution in [1.29, 1.82) is 0 Å². The number of piperidine rings is 1. The summed E-state index contributed by atoms with van der Waals surface area (Å²) in [7, 11) is 0. The summed E-state index contributed by atoms with van der Waals surface area (Å²) in [5.74, 6) is 0.0900. The van der Waals surface area contributed by atoms with Gasteiger partial charge in [0.1, 0.15) is 5.69 Å². The second-order valence-corrected chi connectivity index (χ2v) is 11.3. The van der Waals surface area contributed by atoms with E-state index in [4.69, 9.17) is 0 Å². The van der Waals surface area contributed by atoms with Gasteiger partial charge in [0.15, 0.2) is 11.2 Å². The summed E-state index contributed by atoms with van der Waals surface area (Å²) in [6, 6.07) is 6.71. The standard InChI is InChI=1S/C25H27N3O3S/c1-24(2,3)23-27-21-19(30)13-25(14-20(21)32-23)7-10-28(11-8-25)22(31)15-4-5-17-16(12-15)18(29)6-9-26-17/h4-6,9,12H,7-8,10-11,13-14H2,1-3H3,(H,26,29). The number of carbonyl (C=O) groups excluding carboxylic acids is 2. The lowest BCUT2D eigenvalue weighted by molar-refractivity contribution is 0.0522. The van der Waals surface area contributed by atoms with Crippen LogP contribution in [0.4, 0.5) is 0 Å². The molecule has 2 aliphatic rings. The molecule has 5 rings (SSSR count). The van der Waals surface area contributed by atoms with Gasteiger partial charge in [0.05, 0.1) is 5.01 Å². The number of benzene rings is 1.